The van der Waals surface area contributed by atoms with Crippen LogP contribution in [0.2, 0.25) is 0 Å². The van der Waals surface area contributed by atoms with Crippen molar-refractivity contribution in [3.8, 4) is 5.75 Å². The third kappa shape index (κ3) is 3.44. The topological polar surface area (TPSA) is 60.3 Å². The van der Waals surface area contributed by atoms with E-state index in [1.807, 2.05) is 24.3 Å². The molecule has 0 spiro atoms. The quantitative estimate of drug-likeness (QED) is 0.921. The molecule has 0 radical (unpaired) electrons. The Labute approximate surface area is 134 Å². The summed E-state index contributed by atoms with van der Waals surface area (Å²) in [6, 6.07) is 10.8. The van der Waals surface area contributed by atoms with Crippen LogP contribution in [0.25, 0.3) is 0 Å². The Morgan fingerprint density at radius 1 is 1.26 bits per heavy atom. The number of rotatable bonds is 5. The Kier molecular flexibility index (Phi) is 4.19. The number of carbonyl (C=O) groups is 1. The molecule has 23 heavy (non-hydrogen) atoms. The second-order valence-corrected chi connectivity index (χ2v) is 5.93. The zero-order valence-corrected chi connectivity index (χ0v) is 13.3. The zero-order valence-electron chi connectivity index (χ0n) is 13.3. The van der Waals surface area contributed by atoms with Crippen molar-refractivity contribution >= 4 is 5.91 Å². The molecule has 1 saturated carbocycles. The fourth-order valence-corrected chi connectivity index (χ4v) is 2.63. The molecule has 1 heterocycles. The lowest BCUT2D eigenvalue weighted by Gasteiger charge is -2.19. The number of aromatic nitrogens is 1. The van der Waals surface area contributed by atoms with Gasteiger partial charge in [0.1, 0.15) is 5.75 Å². The van der Waals surface area contributed by atoms with E-state index in [-0.39, 0.29) is 17.5 Å². The number of nitrogens with zero attached hydrogens (tertiary/aromatic N) is 1. The molecular formula is C18H20N2O3. The summed E-state index contributed by atoms with van der Waals surface area (Å²) in [6.45, 7) is 0. The van der Waals surface area contributed by atoms with Crippen LogP contribution in [0.15, 0.2) is 47.4 Å². The van der Waals surface area contributed by atoms with Crippen molar-refractivity contribution in [1.29, 1.82) is 0 Å². The molecule has 120 valence electrons. The molecule has 1 amide bonds. The second-order valence-electron chi connectivity index (χ2n) is 5.93. The molecule has 1 aliphatic carbocycles. The van der Waals surface area contributed by atoms with E-state index >= 15 is 0 Å². The van der Waals surface area contributed by atoms with Gasteiger partial charge in [-0.25, -0.2) is 0 Å². The molecule has 5 heteroatoms. The molecule has 1 N–H and O–H groups in total. The Morgan fingerprint density at radius 3 is 2.52 bits per heavy atom. The van der Waals surface area contributed by atoms with Crippen LogP contribution in [0.4, 0.5) is 0 Å². The highest BCUT2D eigenvalue weighted by molar-refractivity contribution is 5.94. The van der Waals surface area contributed by atoms with Gasteiger partial charge in [0.15, 0.2) is 0 Å². The fourth-order valence-electron chi connectivity index (χ4n) is 2.63. The highest BCUT2D eigenvalue weighted by Gasteiger charge is 2.33. The van der Waals surface area contributed by atoms with Crippen LogP contribution in [0, 0.1) is 5.92 Å². The first-order valence-electron chi connectivity index (χ1n) is 7.70. The molecule has 1 fully saturated rings. The van der Waals surface area contributed by atoms with E-state index in [0.29, 0.717) is 11.5 Å². The summed E-state index contributed by atoms with van der Waals surface area (Å²) in [5.41, 5.74) is 1.27. The van der Waals surface area contributed by atoms with Crippen LogP contribution in [0.5, 0.6) is 5.75 Å². The minimum atomic E-state index is -0.213. The number of ether oxygens (including phenoxy) is 1. The monoisotopic (exact) mass is 312 g/mol. The Hall–Kier alpha value is -2.56. The van der Waals surface area contributed by atoms with Crippen molar-refractivity contribution in [3.63, 3.8) is 0 Å². The van der Waals surface area contributed by atoms with Gasteiger partial charge in [0.25, 0.3) is 11.5 Å². The van der Waals surface area contributed by atoms with E-state index < -0.39 is 0 Å². The van der Waals surface area contributed by atoms with Crippen LogP contribution in [-0.2, 0) is 7.05 Å². The van der Waals surface area contributed by atoms with Gasteiger partial charge in [-0.3, -0.25) is 9.59 Å². The molecule has 2 aromatic rings. The third-order valence-corrected chi connectivity index (χ3v) is 4.22. The number of benzene rings is 1. The number of hydrogen-bond acceptors (Lipinski definition) is 3. The van der Waals surface area contributed by atoms with Gasteiger partial charge in [0.2, 0.25) is 0 Å². The molecule has 1 atom stereocenters. The third-order valence-electron chi connectivity index (χ3n) is 4.22. The predicted octanol–water partition coefficient (Wildman–Crippen LogP) is 2.28. The average molecular weight is 312 g/mol. The number of nitrogens with one attached hydrogen (secondary N) is 1. The van der Waals surface area contributed by atoms with Gasteiger partial charge >= 0.3 is 0 Å². The van der Waals surface area contributed by atoms with Gasteiger partial charge in [-0.15, -0.1) is 0 Å². The van der Waals surface area contributed by atoms with Crippen LogP contribution in [0.3, 0.4) is 0 Å². The number of carbonyl (C=O) groups excluding carboxylic acids is 1. The van der Waals surface area contributed by atoms with Crippen molar-refractivity contribution in [2.75, 3.05) is 7.11 Å². The van der Waals surface area contributed by atoms with Crippen molar-refractivity contribution in [2.45, 2.75) is 18.9 Å². The van der Waals surface area contributed by atoms with E-state index in [9.17, 15) is 9.59 Å². The average Bonchev–Trinajstić information content (AvgIpc) is 3.40. The maximum Gasteiger partial charge on any atom is 0.252 e. The molecule has 0 aliphatic heterocycles. The lowest BCUT2D eigenvalue weighted by atomic mass is 10.0. The smallest absolute Gasteiger partial charge is 0.252 e. The fraction of sp³-hybridized carbons (Fsp3) is 0.333. The Morgan fingerprint density at radius 2 is 1.96 bits per heavy atom. The molecule has 1 aromatic carbocycles. The van der Waals surface area contributed by atoms with Crippen molar-refractivity contribution in [2.24, 2.45) is 13.0 Å². The molecule has 0 unspecified atom stereocenters. The van der Waals surface area contributed by atoms with Gasteiger partial charge in [0.05, 0.1) is 13.2 Å². The first-order valence-corrected chi connectivity index (χ1v) is 7.70. The second kappa shape index (κ2) is 6.28. The van der Waals surface area contributed by atoms with Gasteiger partial charge in [0, 0.05) is 24.9 Å². The largest absolute Gasteiger partial charge is 0.497 e. The molecule has 3 rings (SSSR count). The number of hydrogen-bond donors (Lipinski definition) is 1. The molecule has 1 aromatic heterocycles. The van der Waals surface area contributed by atoms with Gasteiger partial charge in [-0.1, -0.05) is 12.1 Å². The van der Waals surface area contributed by atoms with E-state index in [2.05, 4.69) is 5.32 Å². The van der Waals surface area contributed by atoms with Gasteiger partial charge in [-0.2, -0.15) is 0 Å². The molecular weight excluding hydrogens is 292 g/mol. The maximum atomic E-state index is 12.5. The van der Waals surface area contributed by atoms with Crippen LogP contribution in [-0.4, -0.2) is 17.6 Å². The highest BCUT2D eigenvalue weighted by atomic mass is 16.5. The minimum absolute atomic E-state index is 0.0301. The Bertz CT molecular complexity index is 761. The molecule has 1 aliphatic rings. The standard InChI is InChI=1S/C18H20N2O3/c1-20-10-9-14(11-16(20)21)18(22)19-17(12-3-4-12)13-5-7-15(23-2)8-6-13/h5-12,17H,3-4H2,1-2H3,(H,19,22)/t17-/m0/s1. The van der Waals surface area contributed by atoms with E-state index in [1.165, 1.54) is 10.6 Å². The molecule has 5 nitrogen and oxygen atoms in total. The van der Waals surface area contributed by atoms with E-state index in [4.69, 9.17) is 4.74 Å². The molecule has 0 saturated heterocycles. The lowest BCUT2D eigenvalue weighted by Crippen LogP contribution is -2.31. The maximum absolute atomic E-state index is 12.5. The first kappa shape index (κ1) is 15.3. The van der Waals surface area contributed by atoms with Crippen LogP contribution < -0.4 is 15.6 Å². The SMILES string of the molecule is COc1ccc([C@@H](NC(=O)c2ccn(C)c(=O)c2)C2CC2)cc1. The van der Waals surface area contributed by atoms with Crippen molar-refractivity contribution < 1.29 is 9.53 Å². The summed E-state index contributed by atoms with van der Waals surface area (Å²) >= 11 is 0. The number of pyridine rings is 1. The summed E-state index contributed by atoms with van der Waals surface area (Å²) in [5.74, 6) is 1.04. The van der Waals surface area contributed by atoms with Crippen molar-refractivity contribution in [1.82, 2.24) is 9.88 Å². The normalized spacial score (nSPS) is 15.0. The highest BCUT2D eigenvalue weighted by Crippen LogP contribution is 2.41. The zero-order chi connectivity index (χ0) is 16.4. The number of aryl methyl sites for hydroxylation is 1. The van der Waals surface area contributed by atoms with Crippen LogP contribution >= 0.6 is 0 Å². The van der Waals surface area contributed by atoms with Gasteiger partial charge < -0.3 is 14.6 Å². The first-order chi connectivity index (χ1) is 11.1. The van der Waals surface area contributed by atoms with Crippen molar-refractivity contribution in [3.05, 3.63) is 64.1 Å². The Balaban J connectivity index is 1.80. The summed E-state index contributed by atoms with van der Waals surface area (Å²) in [6.07, 6.45) is 3.82. The summed E-state index contributed by atoms with van der Waals surface area (Å²) in [7, 11) is 3.29. The number of methoxy groups -OCH3 is 1. The summed E-state index contributed by atoms with van der Waals surface area (Å²) in [4.78, 5) is 24.1. The molecule has 0 bridgehead atoms. The minimum Gasteiger partial charge on any atom is -0.497 e. The predicted molar refractivity (Wildman–Crippen MR) is 87.6 cm³/mol. The van der Waals surface area contributed by atoms with Gasteiger partial charge in [-0.05, 0) is 42.5 Å². The van der Waals surface area contributed by atoms with E-state index in [0.717, 1.165) is 24.2 Å². The lowest BCUT2D eigenvalue weighted by molar-refractivity contribution is 0.0931. The summed E-state index contributed by atoms with van der Waals surface area (Å²) in [5, 5.41) is 3.07. The number of amides is 1. The summed E-state index contributed by atoms with van der Waals surface area (Å²) < 4.78 is 6.62. The van der Waals surface area contributed by atoms with E-state index in [1.54, 1.807) is 26.4 Å². The van der Waals surface area contributed by atoms with Crippen LogP contribution in [0.1, 0.15) is 34.8 Å².